The van der Waals surface area contributed by atoms with Crippen molar-refractivity contribution in [2.24, 2.45) is 0 Å². The minimum atomic E-state index is -1.36. The van der Waals surface area contributed by atoms with E-state index in [0.717, 1.165) is 6.42 Å². The Morgan fingerprint density at radius 2 is 1.65 bits per heavy atom. The van der Waals surface area contributed by atoms with Gasteiger partial charge in [-0.05, 0) is 18.6 Å². The third-order valence-electron chi connectivity index (χ3n) is 4.43. The Hall–Kier alpha value is -1.35. The Bertz CT molecular complexity index is 427. The summed E-state index contributed by atoms with van der Waals surface area (Å²) in [4.78, 5) is 11.8. The molecule has 0 amide bonds. The average molecular weight is 290 g/mol. The first-order valence-electron chi connectivity index (χ1n) is 7.50. The van der Waals surface area contributed by atoms with Gasteiger partial charge in [0, 0.05) is 0 Å². The second-order valence-electron chi connectivity index (χ2n) is 5.20. The van der Waals surface area contributed by atoms with Gasteiger partial charge in [-0.3, -0.25) is 0 Å². The van der Waals surface area contributed by atoms with E-state index in [-0.39, 0.29) is 5.97 Å². The quantitative estimate of drug-likeness (QED) is 0.506. The monoisotopic (exact) mass is 290 g/mol. The van der Waals surface area contributed by atoms with Crippen molar-refractivity contribution >= 4 is 14.0 Å². The molecule has 1 aromatic carbocycles. The minimum absolute atomic E-state index is 0.241. The zero-order valence-electron chi connectivity index (χ0n) is 12.9. The smallest absolute Gasteiger partial charge is 0.338 e. The highest BCUT2D eigenvalue weighted by atomic mass is 28.3. The molecule has 3 heteroatoms. The summed E-state index contributed by atoms with van der Waals surface area (Å²) in [6.07, 6.45) is 0.806. The lowest BCUT2D eigenvalue weighted by molar-refractivity contribution is 0.0510. The zero-order valence-corrected chi connectivity index (χ0v) is 13.9. The average Bonchev–Trinajstić information content (AvgIpc) is 2.50. The first-order chi connectivity index (χ1) is 9.59. The fraction of sp³-hybridized carbons (Fsp3) is 0.471. The van der Waals surface area contributed by atoms with Crippen LogP contribution in [0.3, 0.4) is 0 Å². The number of hydrogen-bond acceptors (Lipinski definition) is 2. The van der Waals surface area contributed by atoms with Crippen molar-refractivity contribution in [3.63, 3.8) is 0 Å². The van der Waals surface area contributed by atoms with Crippen LogP contribution in [0.15, 0.2) is 42.1 Å². The molecule has 110 valence electrons. The van der Waals surface area contributed by atoms with E-state index in [0.29, 0.717) is 12.2 Å². The van der Waals surface area contributed by atoms with Crippen LogP contribution >= 0.6 is 0 Å². The number of ether oxygens (including phenoxy) is 1. The molecule has 1 aromatic rings. The largest absolute Gasteiger partial charge is 0.462 e. The van der Waals surface area contributed by atoms with E-state index < -0.39 is 8.07 Å². The summed E-state index contributed by atoms with van der Waals surface area (Å²) < 4.78 is 5.35. The molecule has 0 N–H and O–H groups in total. The van der Waals surface area contributed by atoms with Crippen LogP contribution in [-0.4, -0.2) is 20.7 Å². The topological polar surface area (TPSA) is 26.3 Å². The third-order valence-corrected chi connectivity index (χ3v) is 10.2. The molecular weight excluding hydrogens is 264 g/mol. The summed E-state index contributed by atoms with van der Waals surface area (Å²) in [7, 11) is -1.36. The molecule has 0 radical (unpaired) electrons. The Kier molecular flexibility index (Phi) is 6.72. The maximum atomic E-state index is 11.8. The van der Waals surface area contributed by atoms with Crippen LogP contribution in [0, 0.1) is 0 Å². The summed E-state index contributed by atoms with van der Waals surface area (Å²) in [5, 5.41) is 1.34. The fourth-order valence-corrected chi connectivity index (χ4v) is 6.32. The molecule has 20 heavy (non-hydrogen) atoms. The van der Waals surface area contributed by atoms with Crippen molar-refractivity contribution in [2.75, 3.05) is 6.61 Å². The number of hydrogen-bond donors (Lipinski definition) is 0. The first-order valence-corrected chi connectivity index (χ1v) is 10.1. The molecule has 0 atom stereocenters. The van der Waals surface area contributed by atoms with Crippen LogP contribution < -0.4 is 0 Å². The SMILES string of the molecule is C=C(CCOC(=O)c1ccccc1)[Si](CC)(CC)CC. The molecular formula is C17H26O2Si. The van der Waals surface area contributed by atoms with E-state index in [2.05, 4.69) is 27.4 Å². The minimum Gasteiger partial charge on any atom is -0.462 e. The molecule has 1 rings (SSSR count). The van der Waals surface area contributed by atoms with E-state index in [1.54, 1.807) is 12.1 Å². The van der Waals surface area contributed by atoms with E-state index in [1.165, 1.54) is 23.3 Å². The predicted molar refractivity (Wildman–Crippen MR) is 87.7 cm³/mol. The summed E-state index contributed by atoms with van der Waals surface area (Å²) in [6.45, 7) is 11.5. The molecule has 2 nitrogen and oxygen atoms in total. The normalized spacial score (nSPS) is 11.2. The number of esters is 1. The lowest BCUT2D eigenvalue weighted by Gasteiger charge is -2.30. The second-order valence-corrected chi connectivity index (χ2v) is 10.6. The highest BCUT2D eigenvalue weighted by Gasteiger charge is 2.29. The molecule has 0 bridgehead atoms. The molecule has 0 unspecified atom stereocenters. The molecule has 0 fully saturated rings. The summed E-state index contributed by atoms with van der Waals surface area (Å²) >= 11 is 0. The van der Waals surface area contributed by atoms with Gasteiger partial charge in [0.1, 0.15) is 0 Å². The van der Waals surface area contributed by atoms with Gasteiger partial charge in [0.2, 0.25) is 0 Å². The van der Waals surface area contributed by atoms with Crippen molar-refractivity contribution < 1.29 is 9.53 Å². The molecule has 0 aliphatic heterocycles. The number of rotatable bonds is 8. The molecule has 0 saturated carbocycles. The predicted octanol–water partition coefficient (Wildman–Crippen LogP) is 4.84. The van der Waals surface area contributed by atoms with Crippen LogP contribution in [0.1, 0.15) is 37.6 Å². The Labute approximate surface area is 123 Å². The van der Waals surface area contributed by atoms with E-state index in [4.69, 9.17) is 4.74 Å². The van der Waals surface area contributed by atoms with Crippen molar-refractivity contribution in [1.82, 2.24) is 0 Å². The van der Waals surface area contributed by atoms with Gasteiger partial charge in [0.15, 0.2) is 0 Å². The molecule has 0 saturated heterocycles. The lowest BCUT2D eigenvalue weighted by Crippen LogP contribution is -2.34. The van der Waals surface area contributed by atoms with Gasteiger partial charge >= 0.3 is 5.97 Å². The lowest BCUT2D eigenvalue weighted by atomic mass is 10.2. The van der Waals surface area contributed by atoms with Crippen molar-refractivity contribution in [1.29, 1.82) is 0 Å². The summed E-state index contributed by atoms with van der Waals surface area (Å²) in [5.41, 5.74) is 0.614. The maximum Gasteiger partial charge on any atom is 0.338 e. The van der Waals surface area contributed by atoms with Gasteiger partial charge in [-0.15, -0.1) is 6.58 Å². The number of carbonyl (C=O) groups is 1. The van der Waals surface area contributed by atoms with Crippen LogP contribution in [0.25, 0.3) is 0 Å². The van der Waals surface area contributed by atoms with Crippen molar-refractivity contribution in [2.45, 2.75) is 45.3 Å². The molecule has 0 spiro atoms. The van der Waals surface area contributed by atoms with E-state index in [1.807, 2.05) is 18.2 Å². The summed E-state index contributed by atoms with van der Waals surface area (Å²) in [5.74, 6) is -0.241. The second kappa shape index (κ2) is 8.05. The van der Waals surface area contributed by atoms with Gasteiger partial charge in [0.25, 0.3) is 0 Å². The van der Waals surface area contributed by atoms with Gasteiger partial charge < -0.3 is 4.74 Å². The molecule has 0 aliphatic rings. The van der Waals surface area contributed by atoms with E-state index in [9.17, 15) is 4.79 Å². The first kappa shape index (κ1) is 16.7. The molecule has 0 aromatic heterocycles. The highest BCUT2D eigenvalue weighted by Crippen LogP contribution is 2.29. The van der Waals surface area contributed by atoms with Gasteiger partial charge in [0.05, 0.1) is 20.2 Å². The Morgan fingerprint density at radius 3 is 2.15 bits per heavy atom. The van der Waals surface area contributed by atoms with Crippen LogP contribution in [0.2, 0.25) is 18.1 Å². The van der Waals surface area contributed by atoms with Crippen molar-refractivity contribution in [3.8, 4) is 0 Å². The fourth-order valence-electron chi connectivity index (χ4n) is 2.69. The van der Waals surface area contributed by atoms with Crippen LogP contribution in [0.4, 0.5) is 0 Å². The van der Waals surface area contributed by atoms with Gasteiger partial charge in [-0.2, -0.15) is 0 Å². The number of carbonyl (C=O) groups excluding carboxylic acids is 1. The highest BCUT2D eigenvalue weighted by molar-refractivity contribution is 6.86. The maximum absolute atomic E-state index is 11.8. The van der Waals surface area contributed by atoms with Gasteiger partial charge in [-0.25, -0.2) is 4.79 Å². The molecule has 0 aliphatic carbocycles. The summed E-state index contributed by atoms with van der Waals surface area (Å²) in [6, 6.07) is 12.8. The standard InChI is InChI=1S/C17H26O2Si/c1-5-20(6-2,7-3)15(4)13-14-19-17(18)16-11-9-8-10-12-16/h8-12H,4-7,13-14H2,1-3H3. The van der Waals surface area contributed by atoms with E-state index >= 15 is 0 Å². The van der Waals surface area contributed by atoms with Crippen molar-refractivity contribution in [3.05, 3.63) is 47.7 Å². The Morgan fingerprint density at radius 1 is 1.10 bits per heavy atom. The van der Waals surface area contributed by atoms with Crippen LogP contribution in [-0.2, 0) is 4.74 Å². The third kappa shape index (κ3) is 4.07. The molecule has 0 heterocycles. The Balaban J connectivity index is 2.48. The van der Waals surface area contributed by atoms with Crippen LogP contribution in [0.5, 0.6) is 0 Å². The van der Waals surface area contributed by atoms with Gasteiger partial charge in [-0.1, -0.05) is 62.3 Å². The number of benzene rings is 1. The zero-order chi connectivity index (χ0) is 15.0.